The van der Waals surface area contributed by atoms with Crippen molar-refractivity contribution < 1.29 is 4.79 Å². The van der Waals surface area contributed by atoms with Gasteiger partial charge in [-0.3, -0.25) is 4.79 Å². The molecule has 2 aromatic carbocycles. The van der Waals surface area contributed by atoms with Crippen molar-refractivity contribution in [3.05, 3.63) is 66.2 Å². The predicted octanol–water partition coefficient (Wildman–Crippen LogP) is 4.17. The van der Waals surface area contributed by atoms with Crippen LogP contribution in [0.25, 0.3) is 0 Å². The zero-order valence-corrected chi connectivity index (χ0v) is 12.9. The first-order valence-corrected chi connectivity index (χ1v) is 8.23. The van der Waals surface area contributed by atoms with Crippen LogP contribution in [0.5, 0.6) is 0 Å². The van der Waals surface area contributed by atoms with Crippen LogP contribution in [0.2, 0.25) is 0 Å². The molecule has 108 valence electrons. The lowest BCUT2D eigenvalue weighted by molar-refractivity contribution is -0.151. The molecule has 0 bridgehead atoms. The van der Waals surface area contributed by atoms with Gasteiger partial charge in [-0.1, -0.05) is 55.5 Å². The van der Waals surface area contributed by atoms with Crippen LogP contribution in [0.4, 0.5) is 0 Å². The zero-order chi connectivity index (χ0) is 14.7. The summed E-state index contributed by atoms with van der Waals surface area (Å²) in [7, 11) is 0. The Balaban J connectivity index is 1.74. The van der Waals surface area contributed by atoms with Crippen LogP contribution in [0.15, 0.2) is 65.6 Å². The minimum absolute atomic E-state index is 0.152. The average Bonchev–Trinajstić information content (AvgIpc) is 2.54. The van der Waals surface area contributed by atoms with Crippen molar-refractivity contribution in [3.8, 4) is 0 Å². The lowest BCUT2D eigenvalue weighted by atomic mass is 9.94. The largest absolute Gasteiger partial charge is 0.325 e. The second kappa shape index (κ2) is 6.35. The van der Waals surface area contributed by atoms with Crippen molar-refractivity contribution in [2.75, 3.05) is 0 Å². The zero-order valence-electron chi connectivity index (χ0n) is 12.1. The van der Waals surface area contributed by atoms with E-state index in [9.17, 15) is 4.79 Å². The van der Waals surface area contributed by atoms with E-state index in [2.05, 4.69) is 31.2 Å². The molecule has 2 nitrogen and oxygen atoms in total. The van der Waals surface area contributed by atoms with Gasteiger partial charge in [0.25, 0.3) is 0 Å². The van der Waals surface area contributed by atoms with Crippen LogP contribution in [0.1, 0.15) is 18.9 Å². The van der Waals surface area contributed by atoms with Gasteiger partial charge in [0, 0.05) is 11.4 Å². The Morgan fingerprint density at radius 1 is 1.00 bits per heavy atom. The maximum absolute atomic E-state index is 12.3. The highest BCUT2D eigenvalue weighted by Gasteiger charge is 2.46. The molecule has 2 atom stereocenters. The van der Waals surface area contributed by atoms with Gasteiger partial charge >= 0.3 is 0 Å². The summed E-state index contributed by atoms with van der Waals surface area (Å²) in [5, 5.41) is 0.255. The number of thioether (sulfide) groups is 1. The molecule has 0 aliphatic carbocycles. The second-order valence-electron chi connectivity index (χ2n) is 5.29. The van der Waals surface area contributed by atoms with E-state index < -0.39 is 0 Å². The number of hydrogen-bond acceptors (Lipinski definition) is 2. The molecule has 0 saturated carbocycles. The summed E-state index contributed by atoms with van der Waals surface area (Å²) in [4.78, 5) is 15.5. The van der Waals surface area contributed by atoms with E-state index in [0.29, 0.717) is 6.54 Å². The van der Waals surface area contributed by atoms with E-state index in [4.69, 9.17) is 0 Å². The molecule has 2 aromatic rings. The van der Waals surface area contributed by atoms with Crippen LogP contribution in [-0.4, -0.2) is 16.2 Å². The monoisotopic (exact) mass is 297 g/mol. The number of rotatable bonds is 5. The van der Waals surface area contributed by atoms with Crippen LogP contribution >= 0.6 is 11.8 Å². The van der Waals surface area contributed by atoms with Crippen LogP contribution in [0.3, 0.4) is 0 Å². The highest BCUT2D eigenvalue weighted by Crippen LogP contribution is 2.41. The maximum Gasteiger partial charge on any atom is 0.229 e. The molecular formula is C18H19NOS. The van der Waals surface area contributed by atoms with E-state index in [0.717, 1.165) is 6.42 Å². The number of carbonyl (C=O) groups excluding carboxylic acids is 1. The molecule has 1 fully saturated rings. The van der Waals surface area contributed by atoms with Crippen molar-refractivity contribution >= 4 is 17.7 Å². The fraction of sp³-hybridized carbons (Fsp3) is 0.278. The van der Waals surface area contributed by atoms with E-state index in [1.54, 1.807) is 11.8 Å². The van der Waals surface area contributed by atoms with Gasteiger partial charge in [0.2, 0.25) is 5.91 Å². The number of amides is 1. The number of β-lactam (4-membered cyclic amide) rings is 1. The fourth-order valence-corrected chi connectivity index (χ4v) is 4.08. The molecule has 21 heavy (non-hydrogen) atoms. The molecule has 1 aliphatic rings. The Bertz CT molecular complexity index is 599. The standard InChI is InChI=1S/C18H19NOS/c1-2-16-17(20)19(13-14-9-5-3-6-10-14)18(16)21-15-11-7-4-8-12-15/h3-12,16,18H,2,13H2,1H3. The van der Waals surface area contributed by atoms with Gasteiger partial charge in [-0.05, 0) is 24.1 Å². The molecule has 1 heterocycles. The minimum atomic E-state index is 0.152. The summed E-state index contributed by atoms with van der Waals surface area (Å²) in [6, 6.07) is 20.6. The third-order valence-electron chi connectivity index (χ3n) is 3.89. The third kappa shape index (κ3) is 2.98. The van der Waals surface area contributed by atoms with Crippen LogP contribution < -0.4 is 0 Å². The number of hydrogen-bond donors (Lipinski definition) is 0. The molecule has 2 unspecified atom stereocenters. The smallest absolute Gasteiger partial charge is 0.229 e. The SMILES string of the molecule is CCC1C(=O)N(Cc2ccccc2)C1Sc1ccccc1. The summed E-state index contributed by atoms with van der Waals surface area (Å²) in [6.45, 7) is 2.81. The normalized spacial score (nSPS) is 21.2. The first-order chi connectivity index (χ1) is 10.3. The van der Waals surface area contributed by atoms with Gasteiger partial charge in [-0.2, -0.15) is 0 Å². The van der Waals surface area contributed by atoms with Crippen molar-refractivity contribution in [2.24, 2.45) is 5.92 Å². The summed E-state index contributed by atoms with van der Waals surface area (Å²) in [6.07, 6.45) is 0.911. The third-order valence-corrected chi connectivity index (χ3v) is 5.26. The Kier molecular flexibility index (Phi) is 4.30. The maximum atomic E-state index is 12.3. The molecule has 3 rings (SSSR count). The molecule has 1 amide bonds. The Morgan fingerprint density at radius 3 is 2.24 bits per heavy atom. The van der Waals surface area contributed by atoms with Crippen molar-refractivity contribution in [2.45, 2.75) is 30.2 Å². The van der Waals surface area contributed by atoms with Gasteiger partial charge in [-0.15, -0.1) is 11.8 Å². The van der Waals surface area contributed by atoms with E-state index in [1.807, 2.05) is 41.3 Å². The van der Waals surface area contributed by atoms with Gasteiger partial charge in [0.15, 0.2) is 0 Å². The van der Waals surface area contributed by atoms with Crippen molar-refractivity contribution in [3.63, 3.8) is 0 Å². The van der Waals surface area contributed by atoms with E-state index in [1.165, 1.54) is 10.5 Å². The van der Waals surface area contributed by atoms with E-state index in [-0.39, 0.29) is 17.2 Å². The van der Waals surface area contributed by atoms with Crippen molar-refractivity contribution in [1.82, 2.24) is 4.90 Å². The van der Waals surface area contributed by atoms with Crippen molar-refractivity contribution in [1.29, 1.82) is 0 Å². The van der Waals surface area contributed by atoms with Crippen LogP contribution in [0, 0.1) is 5.92 Å². The molecule has 0 N–H and O–H groups in total. The lowest BCUT2D eigenvalue weighted by Crippen LogP contribution is -2.58. The Labute approximate surface area is 130 Å². The predicted molar refractivity (Wildman–Crippen MR) is 86.9 cm³/mol. The molecule has 0 spiro atoms. The number of nitrogens with zero attached hydrogens (tertiary/aromatic N) is 1. The highest BCUT2D eigenvalue weighted by molar-refractivity contribution is 8.00. The molecule has 1 aliphatic heterocycles. The Morgan fingerprint density at radius 2 is 1.62 bits per heavy atom. The number of carbonyl (C=O) groups is 1. The highest BCUT2D eigenvalue weighted by atomic mass is 32.2. The van der Waals surface area contributed by atoms with Gasteiger partial charge in [0.1, 0.15) is 0 Å². The van der Waals surface area contributed by atoms with Gasteiger partial charge in [0.05, 0.1) is 11.3 Å². The second-order valence-corrected chi connectivity index (χ2v) is 6.48. The molecule has 1 saturated heterocycles. The summed E-state index contributed by atoms with van der Waals surface area (Å²) >= 11 is 1.80. The van der Waals surface area contributed by atoms with Gasteiger partial charge in [-0.25, -0.2) is 0 Å². The summed E-state index contributed by atoms with van der Waals surface area (Å²) in [5.41, 5.74) is 1.19. The topological polar surface area (TPSA) is 20.3 Å². The average molecular weight is 297 g/mol. The fourth-order valence-electron chi connectivity index (χ4n) is 2.70. The lowest BCUT2D eigenvalue weighted by Gasteiger charge is -2.46. The molecule has 0 aromatic heterocycles. The summed E-state index contributed by atoms with van der Waals surface area (Å²) in [5.74, 6) is 0.439. The first-order valence-electron chi connectivity index (χ1n) is 7.35. The molecule has 3 heteroatoms. The molecule has 0 radical (unpaired) electrons. The Hall–Kier alpha value is -1.74. The van der Waals surface area contributed by atoms with E-state index >= 15 is 0 Å². The molecular weight excluding hydrogens is 278 g/mol. The summed E-state index contributed by atoms with van der Waals surface area (Å²) < 4.78 is 0. The minimum Gasteiger partial charge on any atom is -0.325 e. The first kappa shape index (κ1) is 14.2. The van der Waals surface area contributed by atoms with Crippen LogP contribution in [-0.2, 0) is 11.3 Å². The number of likely N-dealkylation sites (tertiary alicyclic amines) is 1. The quantitative estimate of drug-likeness (QED) is 0.772. The van der Waals surface area contributed by atoms with Gasteiger partial charge < -0.3 is 4.90 Å². The number of benzene rings is 2.